The van der Waals surface area contributed by atoms with Gasteiger partial charge < -0.3 is 14.2 Å². The van der Waals surface area contributed by atoms with Crippen molar-refractivity contribution >= 4 is 11.7 Å². The van der Waals surface area contributed by atoms with Crippen molar-refractivity contribution in [2.24, 2.45) is 0 Å². The number of non-ortho nitro benzene ring substituents is 1. The van der Waals surface area contributed by atoms with Crippen LogP contribution in [0.4, 0.5) is 14.5 Å². The molecule has 0 unspecified atom stereocenters. The normalized spacial score (nSPS) is 12.9. The van der Waals surface area contributed by atoms with Gasteiger partial charge in [0.05, 0.1) is 17.1 Å². The molecule has 0 atom stereocenters. The molecule has 1 aliphatic heterocycles. The highest BCUT2D eigenvalue weighted by Gasteiger charge is 2.22. The van der Waals surface area contributed by atoms with Crippen LogP contribution in [0.5, 0.6) is 5.75 Å². The van der Waals surface area contributed by atoms with Crippen molar-refractivity contribution in [2.75, 3.05) is 6.79 Å². The summed E-state index contributed by atoms with van der Waals surface area (Å²) in [5, 5.41) is 11.0. The van der Waals surface area contributed by atoms with Crippen LogP contribution in [-0.4, -0.2) is 17.7 Å². The molecule has 0 radical (unpaired) electrons. The smallest absolute Gasteiger partial charge is 0.341 e. The van der Waals surface area contributed by atoms with Crippen molar-refractivity contribution in [1.82, 2.24) is 0 Å². The number of esters is 1. The van der Waals surface area contributed by atoms with Crippen LogP contribution in [-0.2, 0) is 22.7 Å². The van der Waals surface area contributed by atoms with E-state index in [-0.39, 0.29) is 31.3 Å². The van der Waals surface area contributed by atoms with Crippen LogP contribution in [0.2, 0.25) is 0 Å². The molecule has 0 N–H and O–H groups in total. The third-order valence-corrected chi connectivity index (χ3v) is 3.49. The lowest BCUT2D eigenvalue weighted by Gasteiger charge is -2.20. The van der Waals surface area contributed by atoms with Gasteiger partial charge in [-0.2, -0.15) is 0 Å². The fourth-order valence-corrected chi connectivity index (χ4v) is 2.37. The van der Waals surface area contributed by atoms with E-state index in [1.54, 1.807) is 0 Å². The van der Waals surface area contributed by atoms with Gasteiger partial charge in [-0.15, -0.1) is 0 Å². The molecule has 9 heteroatoms. The number of ether oxygens (including phenoxy) is 3. The second-order valence-corrected chi connectivity index (χ2v) is 5.16. The van der Waals surface area contributed by atoms with E-state index in [9.17, 15) is 23.7 Å². The molecule has 0 fully saturated rings. The van der Waals surface area contributed by atoms with Crippen molar-refractivity contribution in [2.45, 2.75) is 13.2 Å². The average Bonchev–Trinajstić information content (AvgIpc) is 2.59. The number of carbonyl (C=O) groups is 1. The lowest BCUT2D eigenvalue weighted by atomic mass is 10.1. The maximum atomic E-state index is 13.6. The molecule has 0 spiro atoms. The maximum Gasteiger partial charge on any atom is 0.341 e. The maximum absolute atomic E-state index is 13.6. The minimum atomic E-state index is -1.06. The fraction of sp³-hybridized carbons (Fsp3) is 0.188. The highest BCUT2D eigenvalue weighted by atomic mass is 19.1. The summed E-state index contributed by atoms with van der Waals surface area (Å²) in [7, 11) is 0. The summed E-state index contributed by atoms with van der Waals surface area (Å²) in [6, 6.07) is 4.96. The van der Waals surface area contributed by atoms with Gasteiger partial charge in [0.25, 0.3) is 5.69 Å². The molecule has 1 heterocycles. The third kappa shape index (κ3) is 3.56. The van der Waals surface area contributed by atoms with E-state index in [0.717, 1.165) is 12.1 Å². The Morgan fingerprint density at radius 2 is 2.08 bits per heavy atom. The van der Waals surface area contributed by atoms with Gasteiger partial charge in [0.1, 0.15) is 24.0 Å². The van der Waals surface area contributed by atoms with Gasteiger partial charge in [-0.3, -0.25) is 10.1 Å². The first kappa shape index (κ1) is 16.8. The number of halogens is 2. The Balaban J connectivity index is 1.83. The minimum Gasteiger partial charge on any atom is -0.467 e. The van der Waals surface area contributed by atoms with E-state index in [2.05, 4.69) is 0 Å². The third-order valence-electron chi connectivity index (χ3n) is 3.49. The summed E-state index contributed by atoms with van der Waals surface area (Å²) < 4.78 is 41.9. The van der Waals surface area contributed by atoms with Crippen LogP contribution in [0.3, 0.4) is 0 Å². The van der Waals surface area contributed by atoms with Crippen molar-refractivity contribution in [3.63, 3.8) is 0 Å². The Hall–Kier alpha value is -3.07. The number of rotatable bonds is 4. The lowest BCUT2D eigenvalue weighted by Crippen LogP contribution is -2.15. The summed E-state index contributed by atoms with van der Waals surface area (Å²) in [4.78, 5) is 22.4. The lowest BCUT2D eigenvalue weighted by molar-refractivity contribution is -0.385. The zero-order chi connectivity index (χ0) is 18.0. The first-order valence-electron chi connectivity index (χ1n) is 7.08. The zero-order valence-electron chi connectivity index (χ0n) is 12.7. The highest BCUT2D eigenvalue weighted by Crippen LogP contribution is 2.33. The highest BCUT2D eigenvalue weighted by molar-refractivity contribution is 5.89. The molecule has 0 aliphatic carbocycles. The number of hydrogen-bond donors (Lipinski definition) is 0. The first-order valence-corrected chi connectivity index (χ1v) is 7.08. The van der Waals surface area contributed by atoms with Crippen molar-refractivity contribution in [3.05, 3.63) is 68.8 Å². The Morgan fingerprint density at radius 1 is 1.28 bits per heavy atom. The predicted octanol–water partition coefficient (Wildman–Crippen LogP) is 3.10. The van der Waals surface area contributed by atoms with E-state index in [0.29, 0.717) is 17.4 Å². The van der Waals surface area contributed by atoms with Crippen molar-refractivity contribution in [3.8, 4) is 5.75 Å². The van der Waals surface area contributed by atoms with E-state index in [1.165, 1.54) is 12.1 Å². The summed E-state index contributed by atoms with van der Waals surface area (Å²) >= 11 is 0. The van der Waals surface area contributed by atoms with Gasteiger partial charge in [0.15, 0.2) is 6.79 Å². The van der Waals surface area contributed by atoms with E-state index >= 15 is 0 Å². The summed E-state index contributed by atoms with van der Waals surface area (Å²) in [5.74, 6) is -2.58. The Bertz CT molecular complexity index is 855. The number of nitrogens with zero attached hydrogens (tertiary/aromatic N) is 1. The molecule has 130 valence electrons. The fourth-order valence-electron chi connectivity index (χ4n) is 2.37. The molecule has 25 heavy (non-hydrogen) atoms. The van der Waals surface area contributed by atoms with Gasteiger partial charge in [0.2, 0.25) is 0 Å². The van der Waals surface area contributed by atoms with Crippen LogP contribution in [0.15, 0.2) is 30.3 Å². The van der Waals surface area contributed by atoms with Gasteiger partial charge in [0, 0.05) is 29.3 Å². The molecule has 2 aromatic rings. The van der Waals surface area contributed by atoms with Gasteiger partial charge in [-0.25, -0.2) is 13.6 Å². The molecule has 0 aromatic heterocycles. The van der Waals surface area contributed by atoms with E-state index in [4.69, 9.17) is 14.2 Å². The number of benzene rings is 2. The molecular weight excluding hydrogens is 340 g/mol. The van der Waals surface area contributed by atoms with Crippen LogP contribution in [0.25, 0.3) is 0 Å². The number of nitro benzene ring substituents is 1. The van der Waals surface area contributed by atoms with E-state index in [1.807, 2.05) is 0 Å². The van der Waals surface area contributed by atoms with Crippen molar-refractivity contribution in [1.29, 1.82) is 0 Å². The molecule has 7 nitrogen and oxygen atoms in total. The molecule has 0 saturated carbocycles. The first-order chi connectivity index (χ1) is 12.0. The Kier molecular flexibility index (Phi) is 4.57. The average molecular weight is 351 g/mol. The number of carbonyl (C=O) groups excluding carboxylic acids is 1. The zero-order valence-corrected chi connectivity index (χ0v) is 12.7. The van der Waals surface area contributed by atoms with Crippen LogP contribution >= 0.6 is 0 Å². The second-order valence-electron chi connectivity index (χ2n) is 5.16. The molecule has 0 amide bonds. The van der Waals surface area contributed by atoms with Crippen LogP contribution < -0.4 is 4.74 Å². The topological polar surface area (TPSA) is 87.9 Å². The molecule has 2 aromatic carbocycles. The van der Waals surface area contributed by atoms with Crippen LogP contribution in [0.1, 0.15) is 21.5 Å². The number of hydrogen-bond acceptors (Lipinski definition) is 6. The quantitative estimate of drug-likeness (QED) is 0.478. The van der Waals surface area contributed by atoms with Gasteiger partial charge >= 0.3 is 5.97 Å². The van der Waals surface area contributed by atoms with Gasteiger partial charge in [-0.05, 0) is 12.1 Å². The predicted molar refractivity (Wildman–Crippen MR) is 78.9 cm³/mol. The number of fused-ring (bicyclic) bond motifs is 1. The SMILES string of the molecule is O=C(OCc1cc([N+](=O)[O-])cc2c1OCOC2)c1ccc(F)cc1F. The largest absolute Gasteiger partial charge is 0.467 e. The number of nitro groups is 1. The molecule has 3 rings (SSSR count). The summed E-state index contributed by atoms with van der Waals surface area (Å²) in [5.41, 5.74) is 0.0413. The van der Waals surface area contributed by atoms with Crippen LogP contribution in [0, 0.1) is 21.7 Å². The van der Waals surface area contributed by atoms with Crippen molar-refractivity contribution < 1.29 is 32.7 Å². The summed E-state index contributed by atoms with van der Waals surface area (Å²) in [6.45, 7) is -0.303. The van der Waals surface area contributed by atoms with Gasteiger partial charge in [-0.1, -0.05) is 0 Å². The second kappa shape index (κ2) is 6.81. The standard InChI is InChI=1S/C16H11F2NO6/c17-11-1-2-13(14(18)5-11)16(20)24-7-10-4-12(19(21)22)3-9-6-23-8-25-15(9)10/h1-5H,6-8H2. The summed E-state index contributed by atoms with van der Waals surface area (Å²) in [6.07, 6.45) is 0. The molecule has 0 bridgehead atoms. The Labute approximate surface area is 139 Å². The Morgan fingerprint density at radius 3 is 2.80 bits per heavy atom. The molecular formula is C16H11F2NO6. The molecule has 1 aliphatic rings. The monoisotopic (exact) mass is 351 g/mol. The van der Waals surface area contributed by atoms with E-state index < -0.39 is 28.1 Å². The molecule has 0 saturated heterocycles. The minimum absolute atomic E-state index is 0.0433.